The highest BCUT2D eigenvalue weighted by molar-refractivity contribution is 7.91. The zero-order valence-electron chi connectivity index (χ0n) is 10.5. The lowest BCUT2D eigenvalue weighted by atomic mass is 10.4. The van der Waals surface area contributed by atoms with E-state index in [9.17, 15) is 18.5 Å². The van der Waals surface area contributed by atoms with E-state index < -0.39 is 14.9 Å². The molecular formula is C10H11N5O4S2. The summed E-state index contributed by atoms with van der Waals surface area (Å²) in [7, 11) is -3.88. The first kappa shape index (κ1) is 15.3. The highest BCUT2D eigenvalue weighted by Crippen LogP contribution is 2.36. The quantitative estimate of drug-likeness (QED) is 0.404. The molecule has 2 aromatic rings. The lowest BCUT2D eigenvalue weighted by Gasteiger charge is -2.03. The highest BCUT2D eigenvalue weighted by atomic mass is 32.2. The highest BCUT2D eigenvalue weighted by Gasteiger charge is 2.25. The van der Waals surface area contributed by atoms with Crippen molar-refractivity contribution in [1.29, 1.82) is 0 Å². The van der Waals surface area contributed by atoms with E-state index in [4.69, 9.17) is 5.84 Å². The molecule has 0 aliphatic heterocycles. The Labute approximate surface area is 124 Å². The van der Waals surface area contributed by atoms with Gasteiger partial charge in [-0.05, 0) is 12.1 Å². The second-order valence-corrected chi connectivity index (χ2v) is 6.87. The molecule has 0 radical (unpaired) electrons. The topological polar surface area (TPSA) is 140 Å². The van der Waals surface area contributed by atoms with Crippen LogP contribution in [0.5, 0.6) is 0 Å². The first-order valence-electron chi connectivity index (χ1n) is 5.58. The summed E-state index contributed by atoms with van der Waals surface area (Å²) in [5, 5.41) is 10.8. The molecule has 2 aromatic heterocycles. The van der Waals surface area contributed by atoms with E-state index in [-0.39, 0.29) is 21.4 Å². The van der Waals surface area contributed by atoms with Gasteiger partial charge in [-0.2, -0.15) is 0 Å². The fourth-order valence-corrected chi connectivity index (χ4v) is 3.75. The monoisotopic (exact) mass is 329 g/mol. The smallest absolute Gasteiger partial charge is 0.306 e. The minimum atomic E-state index is -3.88. The molecule has 0 aliphatic rings. The summed E-state index contributed by atoms with van der Waals surface area (Å²) in [5.41, 5.74) is 2.26. The Bertz CT molecular complexity index is 744. The number of nitro groups is 1. The van der Waals surface area contributed by atoms with Gasteiger partial charge < -0.3 is 5.43 Å². The molecule has 9 nitrogen and oxygen atoms in total. The number of hydrogen-bond acceptors (Lipinski definition) is 8. The Hall–Kier alpha value is -2.08. The van der Waals surface area contributed by atoms with Crippen molar-refractivity contribution in [3.05, 3.63) is 46.3 Å². The van der Waals surface area contributed by atoms with E-state index >= 15 is 0 Å². The molecule has 2 heterocycles. The van der Waals surface area contributed by atoms with Gasteiger partial charge in [0.15, 0.2) is 5.00 Å². The van der Waals surface area contributed by atoms with Crippen molar-refractivity contribution in [1.82, 2.24) is 9.71 Å². The van der Waals surface area contributed by atoms with Crippen LogP contribution < -0.4 is 16.0 Å². The van der Waals surface area contributed by atoms with E-state index in [2.05, 4.69) is 15.1 Å². The van der Waals surface area contributed by atoms with Crippen LogP contribution in [0.25, 0.3) is 0 Å². The van der Waals surface area contributed by atoms with Gasteiger partial charge in [0, 0.05) is 12.3 Å². The Morgan fingerprint density at radius 2 is 2.19 bits per heavy atom. The van der Waals surface area contributed by atoms with Crippen LogP contribution in [-0.4, -0.2) is 18.3 Å². The van der Waals surface area contributed by atoms with Crippen molar-refractivity contribution < 1.29 is 13.3 Å². The Morgan fingerprint density at radius 1 is 1.43 bits per heavy atom. The molecule has 0 saturated heterocycles. The molecule has 112 valence electrons. The molecule has 2 rings (SSSR count). The standard InChI is InChI=1S/C10H11N5O4S2/c11-14-10-8(15(16)17)5-9(20-10)21(18,19)13-6-7-3-1-2-4-12-7/h1-5,13-14H,6,11H2. The van der Waals surface area contributed by atoms with Crippen LogP contribution >= 0.6 is 11.3 Å². The molecule has 0 amide bonds. The first-order valence-corrected chi connectivity index (χ1v) is 7.88. The second kappa shape index (κ2) is 6.13. The molecular weight excluding hydrogens is 318 g/mol. The first-order chi connectivity index (χ1) is 9.94. The largest absolute Gasteiger partial charge is 0.310 e. The number of hydrazine groups is 1. The number of nitrogen functional groups attached to an aromatic ring is 1. The van der Waals surface area contributed by atoms with E-state index in [1.807, 2.05) is 0 Å². The molecule has 0 fully saturated rings. The summed E-state index contributed by atoms with van der Waals surface area (Å²) in [6.45, 7) is -0.0136. The number of rotatable bonds is 6. The van der Waals surface area contributed by atoms with Crippen molar-refractivity contribution in [2.45, 2.75) is 10.8 Å². The summed E-state index contributed by atoms with van der Waals surface area (Å²) in [6, 6.07) is 6.05. The van der Waals surface area contributed by atoms with E-state index in [0.717, 1.165) is 6.07 Å². The average Bonchev–Trinajstić information content (AvgIpc) is 2.92. The molecule has 11 heteroatoms. The summed E-state index contributed by atoms with van der Waals surface area (Å²) < 4.78 is 26.3. The van der Waals surface area contributed by atoms with E-state index in [0.29, 0.717) is 17.0 Å². The van der Waals surface area contributed by atoms with Crippen molar-refractivity contribution in [2.75, 3.05) is 5.43 Å². The number of pyridine rings is 1. The van der Waals surface area contributed by atoms with Crippen molar-refractivity contribution in [3.63, 3.8) is 0 Å². The minimum Gasteiger partial charge on any atom is -0.310 e. The average molecular weight is 329 g/mol. The van der Waals surface area contributed by atoms with Gasteiger partial charge in [-0.3, -0.25) is 15.1 Å². The summed E-state index contributed by atoms with van der Waals surface area (Å²) in [5.74, 6) is 5.14. The number of nitrogens with zero attached hydrogens (tertiary/aromatic N) is 2. The molecule has 0 atom stereocenters. The SMILES string of the molecule is NNc1sc(S(=O)(=O)NCc2ccccn2)cc1[N+](=O)[O-]. The van der Waals surface area contributed by atoms with Crippen molar-refractivity contribution >= 4 is 32.0 Å². The second-order valence-electron chi connectivity index (χ2n) is 3.83. The number of hydrogen-bond donors (Lipinski definition) is 3. The third-order valence-corrected chi connectivity index (χ3v) is 5.38. The summed E-state index contributed by atoms with van der Waals surface area (Å²) in [4.78, 5) is 14.1. The third-order valence-electron chi connectivity index (χ3n) is 2.45. The van der Waals surface area contributed by atoms with Gasteiger partial charge in [-0.15, -0.1) is 0 Å². The molecule has 0 spiro atoms. The van der Waals surface area contributed by atoms with Crippen LogP contribution in [0.1, 0.15) is 5.69 Å². The van der Waals surface area contributed by atoms with Crippen molar-refractivity contribution in [3.8, 4) is 0 Å². The van der Waals surface area contributed by atoms with Crippen molar-refractivity contribution in [2.24, 2.45) is 5.84 Å². The van der Waals surface area contributed by atoms with Gasteiger partial charge >= 0.3 is 5.69 Å². The fourth-order valence-electron chi connectivity index (χ4n) is 1.47. The van der Waals surface area contributed by atoms with Gasteiger partial charge in [0.05, 0.1) is 17.2 Å². The Kier molecular flexibility index (Phi) is 4.47. The van der Waals surface area contributed by atoms with Crippen LogP contribution in [0.2, 0.25) is 0 Å². The molecule has 0 aliphatic carbocycles. The van der Waals surface area contributed by atoms with Gasteiger partial charge in [0.1, 0.15) is 4.21 Å². The normalized spacial score (nSPS) is 11.3. The minimum absolute atomic E-state index is 0.0136. The van der Waals surface area contributed by atoms with Crippen LogP contribution in [0, 0.1) is 10.1 Å². The number of sulfonamides is 1. The number of anilines is 1. The molecule has 0 saturated carbocycles. The van der Waals surface area contributed by atoms with Crippen LogP contribution in [-0.2, 0) is 16.6 Å². The maximum absolute atomic E-state index is 12.1. The fraction of sp³-hybridized carbons (Fsp3) is 0.100. The van der Waals surface area contributed by atoms with Gasteiger partial charge in [-0.25, -0.2) is 19.0 Å². The predicted molar refractivity (Wildman–Crippen MR) is 77.0 cm³/mol. The van der Waals surface area contributed by atoms with Gasteiger partial charge in [-0.1, -0.05) is 17.4 Å². The molecule has 21 heavy (non-hydrogen) atoms. The number of nitrogens with two attached hydrogens (primary N) is 1. The molecule has 4 N–H and O–H groups in total. The lowest BCUT2D eigenvalue weighted by molar-refractivity contribution is -0.383. The van der Waals surface area contributed by atoms with Gasteiger partial charge in [0.25, 0.3) is 10.0 Å². The zero-order chi connectivity index (χ0) is 15.5. The van der Waals surface area contributed by atoms with Crippen LogP contribution in [0.4, 0.5) is 10.7 Å². The van der Waals surface area contributed by atoms with Crippen LogP contribution in [0.3, 0.4) is 0 Å². The summed E-state index contributed by atoms with van der Waals surface area (Å²) >= 11 is 0.681. The molecule has 0 aromatic carbocycles. The Balaban J connectivity index is 2.22. The number of nitrogens with one attached hydrogen (secondary N) is 2. The molecule has 0 unspecified atom stereocenters. The lowest BCUT2D eigenvalue weighted by Crippen LogP contribution is -2.22. The molecule has 0 bridgehead atoms. The van der Waals surface area contributed by atoms with Gasteiger partial charge in [0.2, 0.25) is 0 Å². The predicted octanol–water partition coefficient (Wildman–Crippen LogP) is 0.815. The van der Waals surface area contributed by atoms with Crippen LogP contribution in [0.15, 0.2) is 34.7 Å². The number of aromatic nitrogens is 1. The Morgan fingerprint density at radius 3 is 2.71 bits per heavy atom. The third kappa shape index (κ3) is 3.52. The summed E-state index contributed by atoms with van der Waals surface area (Å²) in [6.07, 6.45) is 1.54. The van der Waals surface area contributed by atoms with E-state index in [1.165, 1.54) is 6.20 Å². The maximum Gasteiger partial charge on any atom is 0.306 e. The zero-order valence-corrected chi connectivity index (χ0v) is 12.1. The van der Waals surface area contributed by atoms with E-state index in [1.54, 1.807) is 18.2 Å². The number of thiophene rings is 1. The maximum atomic E-state index is 12.1.